The molecule has 0 radical (unpaired) electrons. The maximum absolute atomic E-state index is 12.5. The zero-order chi connectivity index (χ0) is 16.8. The molecule has 2 rings (SSSR count). The summed E-state index contributed by atoms with van der Waals surface area (Å²) in [5.41, 5.74) is 0.365. The lowest BCUT2D eigenvalue weighted by atomic mass is 10.1. The van der Waals surface area contributed by atoms with E-state index in [0.717, 1.165) is 4.47 Å². The number of aromatic amines is 1. The monoisotopic (exact) mass is 399 g/mol. The van der Waals surface area contributed by atoms with Crippen molar-refractivity contribution in [2.75, 3.05) is 13.7 Å². The molecule has 1 aromatic heterocycles. The maximum Gasteiger partial charge on any atom is 0.343 e. The number of ketones is 1. The average Bonchev–Trinajstić information content (AvgIpc) is 2.88. The molecule has 1 aromatic carbocycles. The molecule has 0 aliphatic heterocycles. The topological polar surface area (TPSA) is 77.0 Å². The minimum atomic E-state index is -0.340. The molecular formula is C15H18BrN3O3S. The van der Waals surface area contributed by atoms with E-state index in [1.165, 1.54) is 16.3 Å². The Morgan fingerprint density at radius 1 is 1.43 bits per heavy atom. The summed E-state index contributed by atoms with van der Waals surface area (Å²) in [6.45, 7) is 2.88. The molecule has 1 heterocycles. The van der Waals surface area contributed by atoms with Crippen LogP contribution in [0, 0.1) is 0 Å². The van der Waals surface area contributed by atoms with Gasteiger partial charge in [-0.2, -0.15) is 0 Å². The first kappa shape index (κ1) is 18.0. The van der Waals surface area contributed by atoms with E-state index in [2.05, 4.69) is 26.1 Å². The number of aromatic nitrogens is 3. The first-order valence-corrected chi connectivity index (χ1v) is 8.80. The summed E-state index contributed by atoms with van der Waals surface area (Å²) in [5.74, 6) is 0.00129. The molecule has 0 unspecified atom stereocenters. The molecule has 1 atom stereocenters. The number of Topliss-reactive ketones (excluding diaryl/α,β-unsaturated/α-hetero) is 1. The number of thioether (sulfide) groups is 1. The van der Waals surface area contributed by atoms with Gasteiger partial charge in [0, 0.05) is 30.3 Å². The molecule has 0 aliphatic rings. The number of ether oxygens (including phenoxy) is 1. The van der Waals surface area contributed by atoms with E-state index < -0.39 is 0 Å². The molecule has 0 saturated heterocycles. The highest BCUT2D eigenvalue weighted by Crippen LogP contribution is 2.23. The highest BCUT2D eigenvalue weighted by atomic mass is 79.9. The summed E-state index contributed by atoms with van der Waals surface area (Å²) in [6.07, 6.45) is 0.707. The van der Waals surface area contributed by atoms with E-state index in [1.54, 1.807) is 19.2 Å². The zero-order valence-electron chi connectivity index (χ0n) is 12.9. The second kappa shape index (κ2) is 8.47. The van der Waals surface area contributed by atoms with Gasteiger partial charge in [-0.3, -0.25) is 9.36 Å². The number of methoxy groups -OCH3 is 1. The third-order valence-corrected chi connectivity index (χ3v) is 4.85. The third kappa shape index (κ3) is 4.79. The minimum absolute atomic E-state index is 0.00129. The molecule has 2 aromatic rings. The Bertz CT molecular complexity index is 712. The van der Waals surface area contributed by atoms with E-state index in [-0.39, 0.29) is 16.7 Å². The number of hydrogen-bond acceptors (Lipinski definition) is 5. The first-order chi connectivity index (χ1) is 11.0. The summed E-state index contributed by atoms with van der Waals surface area (Å²) < 4.78 is 7.46. The first-order valence-electron chi connectivity index (χ1n) is 7.13. The molecule has 6 nitrogen and oxygen atoms in total. The van der Waals surface area contributed by atoms with Crippen LogP contribution in [0.5, 0.6) is 0 Å². The summed E-state index contributed by atoms with van der Waals surface area (Å²) in [6, 6.07) is 7.22. The van der Waals surface area contributed by atoms with E-state index in [0.29, 0.717) is 30.3 Å². The van der Waals surface area contributed by atoms with Crippen molar-refractivity contribution < 1.29 is 9.53 Å². The van der Waals surface area contributed by atoms with Gasteiger partial charge in [0.05, 0.1) is 5.25 Å². The van der Waals surface area contributed by atoms with Gasteiger partial charge in [-0.1, -0.05) is 39.8 Å². The average molecular weight is 400 g/mol. The Hall–Kier alpha value is -1.38. The molecular weight excluding hydrogens is 382 g/mol. The van der Waals surface area contributed by atoms with Crippen LogP contribution < -0.4 is 5.69 Å². The molecule has 0 saturated carbocycles. The SMILES string of the molecule is COCCCn1c(S[C@H](C)C(=O)c2ccc(Br)cc2)n[nH]c1=O. The van der Waals surface area contributed by atoms with Crippen LogP contribution in [0.15, 0.2) is 38.7 Å². The number of H-pyrrole nitrogens is 1. The molecule has 8 heteroatoms. The van der Waals surface area contributed by atoms with Gasteiger partial charge in [-0.15, -0.1) is 5.10 Å². The zero-order valence-corrected chi connectivity index (χ0v) is 15.3. The van der Waals surface area contributed by atoms with E-state index in [9.17, 15) is 9.59 Å². The Balaban J connectivity index is 2.07. The largest absolute Gasteiger partial charge is 0.385 e. The number of carbonyl (C=O) groups is 1. The van der Waals surface area contributed by atoms with Crippen LogP contribution in [-0.2, 0) is 11.3 Å². The molecule has 23 heavy (non-hydrogen) atoms. The summed E-state index contributed by atoms with van der Waals surface area (Å²) >= 11 is 4.62. The maximum atomic E-state index is 12.5. The molecule has 0 amide bonds. The van der Waals surface area contributed by atoms with Gasteiger partial charge in [0.2, 0.25) is 0 Å². The minimum Gasteiger partial charge on any atom is -0.385 e. The lowest BCUT2D eigenvalue weighted by Crippen LogP contribution is -2.20. The number of rotatable bonds is 8. The lowest BCUT2D eigenvalue weighted by molar-refractivity contribution is 0.0994. The summed E-state index contributed by atoms with van der Waals surface area (Å²) in [7, 11) is 1.62. The Morgan fingerprint density at radius 2 is 2.13 bits per heavy atom. The normalized spacial score (nSPS) is 12.3. The molecule has 0 spiro atoms. The van der Waals surface area contributed by atoms with Crippen molar-refractivity contribution in [3.8, 4) is 0 Å². The predicted molar refractivity (Wildman–Crippen MR) is 93.1 cm³/mol. The van der Waals surface area contributed by atoms with Crippen molar-refractivity contribution in [1.29, 1.82) is 0 Å². The standard InChI is InChI=1S/C15H18BrN3O3S/c1-10(13(20)11-4-6-12(16)7-5-11)23-15-18-17-14(21)19(15)8-3-9-22-2/h4-7,10H,3,8-9H2,1-2H3,(H,17,21)/t10-/m1/s1. The van der Waals surface area contributed by atoms with Crippen molar-refractivity contribution >= 4 is 33.5 Å². The number of halogens is 1. The van der Waals surface area contributed by atoms with Gasteiger partial charge < -0.3 is 4.74 Å². The molecule has 0 aliphatic carbocycles. The highest BCUT2D eigenvalue weighted by Gasteiger charge is 2.20. The van der Waals surface area contributed by atoms with Crippen LogP contribution in [-0.4, -0.2) is 39.5 Å². The van der Waals surface area contributed by atoms with Crippen molar-refractivity contribution in [2.45, 2.75) is 30.3 Å². The van der Waals surface area contributed by atoms with Gasteiger partial charge in [-0.05, 0) is 25.5 Å². The fourth-order valence-corrected chi connectivity index (χ4v) is 3.24. The van der Waals surface area contributed by atoms with Crippen LogP contribution in [0.3, 0.4) is 0 Å². The van der Waals surface area contributed by atoms with Crippen LogP contribution in [0.25, 0.3) is 0 Å². The lowest BCUT2D eigenvalue weighted by Gasteiger charge is -2.11. The number of carbonyl (C=O) groups excluding carboxylic acids is 1. The van der Waals surface area contributed by atoms with Gasteiger partial charge in [0.15, 0.2) is 10.9 Å². The number of hydrogen-bond donors (Lipinski definition) is 1. The van der Waals surface area contributed by atoms with E-state index >= 15 is 0 Å². The smallest absolute Gasteiger partial charge is 0.343 e. The predicted octanol–water partition coefficient (Wildman–Crippen LogP) is 2.73. The number of nitrogens with zero attached hydrogens (tertiary/aromatic N) is 2. The Labute approximate surface area is 146 Å². The fourth-order valence-electron chi connectivity index (χ4n) is 2.02. The molecule has 0 bridgehead atoms. The van der Waals surface area contributed by atoms with Gasteiger partial charge in [0.1, 0.15) is 0 Å². The second-order valence-corrected chi connectivity index (χ2v) is 7.16. The van der Waals surface area contributed by atoms with Crippen LogP contribution in [0.4, 0.5) is 0 Å². The Kier molecular flexibility index (Phi) is 6.61. The number of benzene rings is 1. The second-order valence-electron chi connectivity index (χ2n) is 4.94. The third-order valence-electron chi connectivity index (χ3n) is 3.23. The molecule has 124 valence electrons. The Morgan fingerprint density at radius 3 is 2.78 bits per heavy atom. The van der Waals surface area contributed by atoms with Crippen LogP contribution >= 0.6 is 27.7 Å². The fraction of sp³-hybridized carbons (Fsp3) is 0.400. The van der Waals surface area contributed by atoms with Gasteiger partial charge in [-0.25, -0.2) is 9.89 Å². The van der Waals surface area contributed by atoms with E-state index in [4.69, 9.17) is 4.74 Å². The van der Waals surface area contributed by atoms with Crippen LogP contribution in [0.1, 0.15) is 23.7 Å². The van der Waals surface area contributed by atoms with Gasteiger partial charge >= 0.3 is 5.69 Å². The van der Waals surface area contributed by atoms with E-state index in [1.807, 2.05) is 19.1 Å². The van der Waals surface area contributed by atoms with Crippen LogP contribution in [0.2, 0.25) is 0 Å². The summed E-state index contributed by atoms with van der Waals surface area (Å²) in [5, 5.41) is 6.62. The quantitative estimate of drug-likeness (QED) is 0.419. The molecule has 1 N–H and O–H groups in total. The van der Waals surface area contributed by atoms with Crippen molar-refractivity contribution in [3.63, 3.8) is 0 Å². The molecule has 0 fully saturated rings. The summed E-state index contributed by atoms with van der Waals surface area (Å²) in [4.78, 5) is 24.3. The van der Waals surface area contributed by atoms with Gasteiger partial charge in [0.25, 0.3) is 0 Å². The highest BCUT2D eigenvalue weighted by molar-refractivity contribution is 9.10. The number of nitrogens with one attached hydrogen (secondary N) is 1. The van der Waals surface area contributed by atoms with Crippen molar-refractivity contribution in [1.82, 2.24) is 14.8 Å². The van der Waals surface area contributed by atoms with Crippen molar-refractivity contribution in [3.05, 3.63) is 44.8 Å². The van der Waals surface area contributed by atoms with Crippen molar-refractivity contribution in [2.24, 2.45) is 0 Å².